The fourth-order valence-corrected chi connectivity index (χ4v) is 5.90. The van der Waals surface area contributed by atoms with Gasteiger partial charge in [0.2, 0.25) is 5.91 Å². The van der Waals surface area contributed by atoms with Gasteiger partial charge in [-0.2, -0.15) is 0 Å². The minimum atomic E-state index is -0.895. The van der Waals surface area contributed by atoms with Crippen molar-refractivity contribution in [1.82, 2.24) is 5.32 Å². The number of carbonyl (C=O) groups excluding carboxylic acids is 2. The number of rotatable bonds is 6. The molecule has 0 saturated heterocycles. The third-order valence-electron chi connectivity index (χ3n) is 7.57. The van der Waals surface area contributed by atoms with Crippen molar-refractivity contribution in [1.29, 1.82) is 0 Å². The lowest BCUT2D eigenvalue weighted by atomic mass is 9.62. The van der Waals surface area contributed by atoms with E-state index < -0.39 is 11.0 Å². The number of hydrogen-bond acceptors (Lipinski definition) is 4. The zero-order chi connectivity index (χ0) is 25.2. The van der Waals surface area contributed by atoms with E-state index in [4.69, 9.17) is 16.3 Å². The molecule has 0 radical (unpaired) electrons. The van der Waals surface area contributed by atoms with Crippen LogP contribution in [0.25, 0.3) is 6.08 Å². The lowest BCUT2D eigenvalue weighted by Gasteiger charge is -2.45. The number of carbonyl (C=O) groups is 2. The topological polar surface area (TPSA) is 67.4 Å². The maximum Gasteiger partial charge on any atom is 0.331 e. The number of anilines is 1. The van der Waals surface area contributed by atoms with Crippen LogP contribution in [0.2, 0.25) is 5.02 Å². The Morgan fingerprint density at radius 3 is 2.36 bits per heavy atom. The maximum atomic E-state index is 13.5. The lowest BCUT2D eigenvalue weighted by molar-refractivity contribution is -0.147. The van der Waals surface area contributed by atoms with Gasteiger partial charge < -0.3 is 15.4 Å². The average molecular weight is 501 g/mol. The van der Waals surface area contributed by atoms with E-state index in [2.05, 4.69) is 22.8 Å². The third kappa shape index (κ3) is 4.40. The molecule has 3 aromatic rings. The normalized spacial score (nSPS) is 22.4. The molecule has 0 bridgehead atoms. The van der Waals surface area contributed by atoms with Crippen molar-refractivity contribution in [2.75, 3.05) is 12.4 Å². The highest BCUT2D eigenvalue weighted by atomic mass is 35.5. The van der Waals surface area contributed by atoms with Crippen molar-refractivity contribution >= 4 is 35.2 Å². The molecule has 0 atom stereocenters. The molecule has 2 aliphatic rings. The van der Waals surface area contributed by atoms with Gasteiger partial charge in [-0.3, -0.25) is 4.79 Å². The van der Waals surface area contributed by atoms with Gasteiger partial charge >= 0.3 is 5.97 Å². The number of fused-ring (bicyclic) bond motifs is 2. The predicted molar refractivity (Wildman–Crippen MR) is 143 cm³/mol. The Morgan fingerprint density at radius 2 is 1.64 bits per heavy atom. The SMILES string of the molecule is COC(=O)C1(Nc2cccc(Cl)c2)CCC2(CC1)C(C(=O)NCc1ccccc1)=Cc1ccccc12. The van der Waals surface area contributed by atoms with Crippen molar-refractivity contribution in [2.24, 2.45) is 0 Å². The number of nitrogens with one attached hydrogen (secondary N) is 2. The highest BCUT2D eigenvalue weighted by Crippen LogP contribution is 2.53. The van der Waals surface area contributed by atoms with Crippen molar-refractivity contribution in [3.05, 3.63) is 106 Å². The molecule has 5 rings (SSSR count). The quantitative estimate of drug-likeness (QED) is 0.414. The first-order valence-electron chi connectivity index (χ1n) is 12.2. The molecule has 2 N–H and O–H groups in total. The molecule has 2 aliphatic carbocycles. The number of ether oxygens (including phenoxy) is 1. The molecule has 184 valence electrons. The van der Waals surface area contributed by atoms with Crippen LogP contribution in [0.3, 0.4) is 0 Å². The standard InChI is InChI=1S/C30H29ClN2O3/c1-36-28(35)30(33-24-12-7-11-23(31)19-24)16-14-29(15-17-30)25-13-6-5-10-22(25)18-26(29)27(34)32-20-21-8-3-2-4-9-21/h2-13,18-19,33H,14-17,20H2,1H3,(H,32,34). The molecule has 6 heteroatoms. The van der Waals surface area contributed by atoms with Gasteiger partial charge in [0.1, 0.15) is 5.54 Å². The fraction of sp³-hybridized carbons (Fsp3) is 0.267. The Morgan fingerprint density at radius 1 is 0.917 bits per heavy atom. The fourth-order valence-electron chi connectivity index (χ4n) is 5.71. The van der Waals surface area contributed by atoms with Gasteiger partial charge in [-0.05, 0) is 66.6 Å². The number of halogens is 1. The van der Waals surface area contributed by atoms with Crippen LogP contribution in [-0.4, -0.2) is 24.5 Å². The lowest BCUT2D eigenvalue weighted by Crippen LogP contribution is -2.53. The minimum absolute atomic E-state index is 0.0663. The minimum Gasteiger partial charge on any atom is -0.467 e. The molecule has 0 unspecified atom stereocenters. The van der Waals surface area contributed by atoms with Gasteiger partial charge in [0.25, 0.3) is 0 Å². The maximum absolute atomic E-state index is 13.5. The van der Waals surface area contributed by atoms with Crippen molar-refractivity contribution in [3.63, 3.8) is 0 Å². The summed E-state index contributed by atoms with van der Waals surface area (Å²) >= 11 is 6.20. The number of methoxy groups -OCH3 is 1. The Balaban J connectivity index is 1.43. The molecular formula is C30H29ClN2O3. The average Bonchev–Trinajstić information content (AvgIpc) is 3.23. The molecule has 0 aliphatic heterocycles. The summed E-state index contributed by atoms with van der Waals surface area (Å²) < 4.78 is 5.25. The van der Waals surface area contributed by atoms with Crippen LogP contribution in [0.5, 0.6) is 0 Å². The highest BCUT2D eigenvalue weighted by Gasteiger charge is 2.53. The summed E-state index contributed by atoms with van der Waals surface area (Å²) in [4.78, 5) is 26.6. The van der Waals surface area contributed by atoms with E-state index in [1.54, 1.807) is 6.07 Å². The van der Waals surface area contributed by atoms with Crippen LogP contribution in [-0.2, 0) is 26.3 Å². The summed E-state index contributed by atoms with van der Waals surface area (Å²) in [5, 5.41) is 7.14. The van der Waals surface area contributed by atoms with E-state index in [-0.39, 0.29) is 11.9 Å². The highest BCUT2D eigenvalue weighted by molar-refractivity contribution is 6.30. The van der Waals surface area contributed by atoms with Crippen LogP contribution in [0, 0.1) is 0 Å². The van der Waals surface area contributed by atoms with Gasteiger partial charge in [-0.15, -0.1) is 0 Å². The van der Waals surface area contributed by atoms with Crippen LogP contribution in [0.1, 0.15) is 42.4 Å². The first kappa shape index (κ1) is 24.1. The molecule has 1 saturated carbocycles. The summed E-state index contributed by atoms with van der Waals surface area (Å²) in [6.45, 7) is 0.464. The van der Waals surface area contributed by atoms with Gasteiger partial charge in [0.05, 0.1) is 7.11 Å². The van der Waals surface area contributed by atoms with E-state index in [0.29, 0.717) is 37.3 Å². The third-order valence-corrected chi connectivity index (χ3v) is 7.81. The predicted octanol–water partition coefficient (Wildman–Crippen LogP) is 5.89. The molecule has 36 heavy (non-hydrogen) atoms. The molecule has 1 fully saturated rings. The molecule has 0 heterocycles. The monoisotopic (exact) mass is 500 g/mol. The summed E-state index contributed by atoms with van der Waals surface area (Å²) in [5.74, 6) is -0.369. The van der Waals surface area contributed by atoms with Crippen LogP contribution < -0.4 is 10.6 Å². The Labute approximate surface area is 216 Å². The van der Waals surface area contributed by atoms with E-state index in [0.717, 1.165) is 28.0 Å². The number of amides is 1. The summed E-state index contributed by atoms with van der Waals surface area (Å²) in [6, 6.07) is 25.4. The smallest absolute Gasteiger partial charge is 0.331 e. The summed E-state index contributed by atoms with van der Waals surface area (Å²) in [5.41, 5.74) is 3.45. The largest absolute Gasteiger partial charge is 0.467 e. The molecule has 5 nitrogen and oxygen atoms in total. The molecular weight excluding hydrogens is 472 g/mol. The van der Waals surface area contributed by atoms with Gasteiger partial charge in [0.15, 0.2) is 0 Å². The van der Waals surface area contributed by atoms with Crippen molar-refractivity contribution in [2.45, 2.75) is 43.2 Å². The zero-order valence-corrected chi connectivity index (χ0v) is 21.0. The van der Waals surface area contributed by atoms with E-state index in [1.165, 1.54) is 7.11 Å². The number of esters is 1. The second-order valence-corrected chi connectivity index (χ2v) is 10.0. The van der Waals surface area contributed by atoms with Crippen LogP contribution >= 0.6 is 11.6 Å². The van der Waals surface area contributed by atoms with E-state index >= 15 is 0 Å². The van der Waals surface area contributed by atoms with E-state index in [1.807, 2.05) is 66.7 Å². The van der Waals surface area contributed by atoms with Crippen LogP contribution in [0.4, 0.5) is 5.69 Å². The zero-order valence-electron chi connectivity index (χ0n) is 20.2. The van der Waals surface area contributed by atoms with Crippen molar-refractivity contribution < 1.29 is 14.3 Å². The summed E-state index contributed by atoms with van der Waals surface area (Å²) in [7, 11) is 1.42. The first-order valence-corrected chi connectivity index (χ1v) is 12.6. The molecule has 1 spiro atoms. The number of hydrogen-bond donors (Lipinski definition) is 2. The van der Waals surface area contributed by atoms with E-state index in [9.17, 15) is 9.59 Å². The summed E-state index contributed by atoms with van der Waals surface area (Å²) in [6.07, 6.45) is 4.33. The second kappa shape index (κ2) is 9.82. The molecule has 1 amide bonds. The Kier molecular flexibility index (Phi) is 6.59. The van der Waals surface area contributed by atoms with Gasteiger partial charge in [0, 0.05) is 28.2 Å². The molecule has 0 aromatic heterocycles. The van der Waals surface area contributed by atoms with Crippen molar-refractivity contribution in [3.8, 4) is 0 Å². The molecule has 3 aromatic carbocycles. The van der Waals surface area contributed by atoms with Crippen LogP contribution in [0.15, 0.2) is 84.4 Å². The second-order valence-electron chi connectivity index (χ2n) is 9.60. The van der Waals surface area contributed by atoms with Gasteiger partial charge in [-0.1, -0.05) is 72.3 Å². The first-order chi connectivity index (χ1) is 17.5. The Hall–Kier alpha value is -3.57. The number of benzene rings is 3. The Bertz CT molecular complexity index is 1310. The van der Waals surface area contributed by atoms with Gasteiger partial charge in [-0.25, -0.2) is 4.79 Å².